The van der Waals surface area contributed by atoms with Gasteiger partial charge >= 0.3 is 0 Å². The fourth-order valence-corrected chi connectivity index (χ4v) is 3.52. The van der Waals surface area contributed by atoms with Crippen molar-refractivity contribution in [2.45, 2.75) is 6.42 Å². The fourth-order valence-electron chi connectivity index (χ4n) is 3.01. The molecule has 0 aliphatic rings. The summed E-state index contributed by atoms with van der Waals surface area (Å²) in [6.07, 6.45) is 8.88. The summed E-state index contributed by atoms with van der Waals surface area (Å²) in [6.45, 7) is 3.60. The topological polar surface area (TPSA) is 92.3 Å². The van der Waals surface area contributed by atoms with Gasteiger partial charge in [-0.3, -0.25) is 4.79 Å². The maximum absolute atomic E-state index is 12.4. The number of nitrogens with zero attached hydrogens (tertiary/aromatic N) is 4. The third kappa shape index (κ3) is 7.03. The van der Waals surface area contributed by atoms with Crippen molar-refractivity contribution < 1.29 is 9.53 Å². The van der Waals surface area contributed by atoms with Gasteiger partial charge in [-0.05, 0) is 33.1 Å². The molecule has 34 heavy (non-hydrogen) atoms. The lowest BCUT2D eigenvalue weighted by Crippen LogP contribution is -2.14. The zero-order valence-corrected chi connectivity index (χ0v) is 20.8. The van der Waals surface area contributed by atoms with Crippen LogP contribution in [-0.2, 0) is 11.2 Å². The molecule has 1 amide bonds. The third-order valence-corrected chi connectivity index (χ3v) is 5.07. The van der Waals surface area contributed by atoms with Crippen LogP contribution in [0.4, 0.5) is 11.6 Å². The van der Waals surface area contributed by atoms with E-state index in [9.17, 15) is 4.79 Å². The van der Waals surface area contributed by atoms with E-state index >= 15 is 0 Å². The SMILES string of the molecule is C=C=C/C(=C\N(C)C)Nc1ncc(-c2ccc(CC(=O)Nc3cnc(OC)c(Br)c3)cc2)cn1. The first kappa shape index (κ1) is 24.7. The largest absolute Gasteiger partial charge is 0.480 e. The minimum atomic E-state index is -0.138. The molecule has 2 aromatic heterocycles. The van der Waals surface area contributed by atoms with Gasteiger partial charge in [0.2, 0.25) is 17.7 Å². The number of hydrogen-bond donors (Lipinski definition) is 2. The lowest BCUT2D eigenvalue weighted by Gasteiger charge is -2.10. The number of pyridine rings is 1. The van der Waals surface area contributed by atoms with Crippen molar-refractivity contribution in [3.8, 4) is 17.0 Å². The van der Waals surface area contributed by atoms with E-state index in [0.29, 0.717) is 22.0 Å². The maximum atomic E-state index is 12.4. The van der Waals surface area contributed by atoms with Crippen molar-refractivity contribution in [2.24, 2.45) is 0 Å². The van der Waals surface area contributed by atoms with E-state index in [2.05, 4.69) is 53.8 Å². The second-order valence-corrected chi connectivity index (χ2v) is 8.31. The molecule has 0 aliphatic carbocycles. The Bertz CT molecular complexity index is 1220. The Kier molecular flexibility index (Phi) is 8.56. The van der Waals surface area contributed by atoms with E-state index in [1.54, 1.807) is 30.7 Å². The molecule has 0 bridgehead atoms. The molecule has 1 aromatic carbocycles. The molecule has 8 nitrogen and oxygen atoms in total. The van der Waals surface area contributed by atoms with Gasteiger partial charge in [0.25, 0.3) is 0 Å². The molecule has 0 atom stereocenters. The summed E-state index contributed by atoms with van der Waals surface area (Å²) in [4.78, 5) is 27.2. The molecule has 2 N–H and O–H groups in total. The predicted octanol–water partition coefficient (Wildman–Crippen LogP) is 4.65. The highest BCUT2D eigenvalue weighted by Gasteiger charge is 2.09. The average Bonchev–Trinajstić information content (AvgIpc) is 2.80. The molecule has 0 radical (unpaired) electrons. The number of anilines is 2. The molecule has 0 saturated carbocycles. The summed E-state index contributed by atoms with van der Waals surface area (Å²) in [7, 11) is 5.38. The number of rotatable bonds is 9. The lowest BCUT2D eigenvalue weighted by atomic mass is 10.1. The zero-order valence-electron chi connectivity index (χ0n) is 19.2. The Hall–Kier alpha value is -3.94. The quantitative estimate of drug-likeness (QED) is 0.313. The van der Waals surface area contributed by atoms with Crippen molar-refractivity contribution >= 4 is 33.5 Å². The molecule has 0 unspecified atom stereocenters. The van der Waals surface area contributed by atoms with Crippen LogP contribution in [-0.4, -0.2) is 47.0 Å². The standard InChI is InChI=1S/C25H25BrN6O2/c1-5-6-20(16-32(2)3)31-25-28-13-19(14-29-25)18-9-7-17(8-10-18)11-23(33)30-21-12-22(26)24(34-4)27-15-21/h6-10,12-16H,1,11H2,2-4H3,(H,30,33)(H,28,29,31)/b20-16+. The van der Waals surface area contributed by atoms with Gasteiger partial charge in [-0.1, -0.05) is 30.8 Å². The van der Waals surface area contributed by atoms with Gasteiger partial charge in [-0.2, -0.15) is 0 Å². The summed E-state index contributed by atoms with van der Waals surface area (Å²) in [6, 6.07) is 9.46. The first-order valence-electron chi connectivity index (χ1n) is 10.3. The van der Waals surface area contributed by atoms with Crippen molar-refractivity contribution in [2.75, 3.05) is 31.8 Å². The Morgan fingerprint density at radius 2 is 1.82 bits per heavy atom. The number of nitrogens with one attached hydrogen (secondary N) is 2. The van der Waals surface area contributed by atoms with Crippen LogP contribution in [0.25, 0.3) is 11.1 Å². The summed E-state index contributed by atoms with van der Waals surface area (Å²) in [5, 5.41) is 5.97. The highest BCUT2D eigenvalue weighted by atomic mass is 79.9. The lowest BCUT2D eigenvalue weighted by molar-refractivity contribution is -0.115. The number of halogens is 1. The number of methoxy groups -OCH3 is 1. The van der Waals surface area contributed by atoms with Gasteiger partial charge in [0.1, 0.15) is 0 Å². The van der Waals surface area contributed by atoms with E-state index in [-0.39, 0.29) is 12.3 Å². The first-order valence-corrected chi connectivity index (χ1v) is 11.1. The first-order chi connectivity index (χ1) is 16.4. The number of hydrogen-bond acceptors (Lipinski definition) is 7. The van der Waals surface area contributed by atoms with Gasteiger partial charge in [0.05, 0.1) is 35.6 Å². The molecule has 0 aliphatic heterocycles. The number of aromatic nitrogens is 3. The van der Waals surface area contributed by atoms with E-state index in [0.717, 1.165) is 22.4 Å². The van der Waals surface area contributed by atoms with E-state index < -0.39 is 0 Å². The molecule has 0 spiro atoms. The van der Waals surface area contributed by atoms with Crippen molar-refractivity contribution in [3.05, 3.63) is 89.2 Å². The van der Waals surface area contributed by atoms with E-state index in [1.807, 2.05) is 49.5 Å². The molecule has 2 heterocycles. The summed E-state index contributed by atoms with van der Waals surface area (Å²) in [5.41, 5.74) is 6.81. The normalized spacial score (nSPS) is 10.8. The minimum absolute atomic E-state index is 0.138. The summed E-state index contributed by atoms with van der Waals surface area (Å²) >= 11 is 3.36. The minimum Gasteiger partial charge on any atom is -0.480 e. The van der Waals surface area contributed by atoms with Gasteiger partial charge in [0, 0.05) is 44.3 Å². The number of ether oxygens (including phenoxy) is 1. The molecule has 3 rings (SSSR count). The van der Waals surface area contributed by atoms with Gasteiger partial charge < -0.3 is 20.3 Å². The van der Waals surface area contributed by atoms with Gasteiger partial charge in [-0.15, -0.1) is 5.73 Å². The molecule has 0 fully saturated rings. The Labute approximate surface area is 207 Å². The Morgan fingerprint density at radius 3 is 2.41 bits per heavy atom. The van der Waals surface area contributed by atoms with Crippen LogP contribution in [0, 0.1) is 0 Å². The van der Waals surface area contributed by atoms with Gasteiger partial charge in [-0.25, -0.2) is 15.0 Å². The molecular formula is C25H25BrN6O2. The molecule has 174 valence electrons. The van der Waals surface area contributed by atoms with Crippen molar-refractivity contribution in [1.29, 1.82) is 0 Å². The monoisotopic (exact) mass is 520 g/mol. The Morgan fingerprint density at radius 1 is 1.12 bits per heavy atom. The predicted molar refractivity (Wildman–Crippen MR) is 137 cm³/mol. The van der Waals surface area contributed by atoms with Crippen LogP contribution >= 0.6 is 15.9 Å². The molecule has 9 heteroatoms. The molecule has 0 saturated heterocycles. The van der Waals surface area contributed by atoms with Crippen LogP contribution in [0.5, 0.6) is 5.88 Å². The maximum Gasteiger partial charge on any atom is 0.228 e. The molecular weight excluding hydrogens is 496 g/mol. The van der Waals surface area contributed by atoms with E-state index in [4.69, 9.17) is 4.74 Å². The third-order valence-electron chi connectivity index (χ3n) is 4.50. The van der Waals surface area contributed by atoms with Crippen LogP contribution in [0.15, 0.2) is 83.7 Å². The molecule has 3 aromatic rings. The fraction of sp³-hybridized carbons (Fsp3) is 0.160. The summed E-state index contributed by atoms with van der Waals surface area (Å²) in [5.74, 6) is 0.789. The number of carbonyl (C=O) groups is 1. The zero-order chi connectivity index (χ0) is 24.5. The highest BCUT2D eigenvalue weighted by molar-refractivity contribution is 9.10. The second-order valence-electron chi connectivity index (χ2n) is 7.45. The Balaban J connectivity index is 1.62. The van der Waals surface area contributed by atoms with Gasteiger partial charge in [0.15, 0.2) is 0 Å². The highest BCUT2D eigenvalue weighted by Crippen LogP contribution is 2.25. The van der Waals surface area contributed by atoms with E-state index in [1.165, 1.54) is 7.11 Å². The number of amides is 1. The van der Waals surface area contributed by atoms with Crippen molar-refractivity contribution in [1.82, 2.24) is 19.9 Å². The summed E-state index contributed by atoms with van der Waals surface area (Å²) < 4.78 is 5.77. The average molecular weight is 521 g/mol. The smallest absolute Gasteiger partial charge is 0.228 e. The van der Waals surface area contributed by atoms with Crippen LogP contribution in [0.3, 0.4) is 0 Å². The second kappa shape index (κ2) is 11.8. The van der Waals surface area contributed by atoms with Crippen LogP contribution in [0.1, 0.15) is 5.56 Å². The number of allylic oxidation sites excluding steroid dienone is 1. The number of carbonyl (C=O) groups excluding carboxylic acids is 1. The number of benzene rings is 1. The van der Waals surface area contributed by atoms with Crippen LogP contribution < -0.4 is 15.4 Å². The van der Waals surface area contributed by atoms with Crippen LogP contribution in [0.2, 0.25) is 0 Å². The van der Waals surface area contributed by atoms with Crippen molar-refractivity contribution in [3.63, 3.8) is 0 Å².